The molecule has 1 aliphatic heterocycles. The van der Waals surface area contributed by atoms with Gasteiger partial charge in [-0.3, -0.25) is 9.56 Å². The Morgan fingerprint density at radius 1 is 1.33 bits per heavy atom. The molecule has 1 aromatic heterocycles. The number of benzene rings is 1. The molecule has 0 spiro atoms. The normalized spacial score (nSPS) is 21.3. The summed E-state index contributed by atoms with van der Waals surface area (Å²) in [4.78, 5) is 6.79. The molecule has 0 bridgehead atoms. The summed E-state index contributed by atoms with van der Waals surface area (Å²) in [7, 11) is 1.84. The van der Waals surface area contributed by atoms with Crippen LogP contribution in [0.3, 0.4) is 0 Å². The highest BCUT2D eigenvalue weighted by atomic mass is 15.3. The van der Waals surface area contributed by atoms with Crippen LogP contribution in [0.1, 0.15) is 32.5 Å². The Labute approximate surface area is 143 Å². The van der Waals surface area contributed by atoms with E-state index in [0.29, 0.717) is 12.0 Å². The molecule has 2 heterocycles. The van der Waals surface area contributed by atoms with Gasteiger partial charge >= 0.3 is 0 Å². The van der Waals surface area contributed by atoms with Gasteiger partial charge in [-0.25, -0.2) is 0 Å². The number of aliphatic imine (C=N–C) groups is 1. The lowest BCUT2D eigenvalue weighted by Crippen LogP contribution is -2.41. The Kier molecular flexibility index (Phi) is 4.83. The maximum absolute atomic E-state index is 4.45. The monoisotopic (exact) mass is 326 g/mol. The van der Waals surface area contributed by atoms with Crippen LogP contribution in [-0.4, -0.2) is 45.8 Å². The zero-order valence-corrected chi connectivity index (χ0v) is 14.7. The van der Waals surface area contributed by atoms with Gasteiger partial charge in [-0.2, -0.15) is 0 Å². The molecule has 1 atom stereocenters. The number of hydrogen-bond donors (Lipinski definition) is 1. The van der Waals surface area contributed by atoms with E-state index < -0.39 is 0 Å². The summed E-state index contributed by atoms with van der Waals surface area (Å²) in [6.45, 7) is 7.32. The molecule has 128 valence electrons. The standard InChI is InChI=1S/C18H26N6/c1-4-18(2)10-11-23(13-18)17(19-3)20-12-16-22-21-14-24(16)15-8-6-5-7-9-15/h5-9,14H,4,10-13H2,1-3H3,(H,19,20). The molecule has 24 heavy (non-hydrogen) atoms. The SMILES string of the molecule is CCC1(C)CCN(C(=NC)NCc2nncn2-c2ccccc2)C1. The topological polar surface area (TPSA) is 58.3 Å². The fraction of sp³-hybridized carbons (Fsp3) is 0.500. The average molecular weight is 326 g/mol. The number of hydrogen-bond acceptors (Lipinski definition) is 3. The van der Waals surface area contributed by atoms with E-state index in [1.54, 1.807) is 6.33 Å². The minimum absolute atomic E-state index is 0.391. The number of rotatable bonds is 4. The van der Waals surface area contributed by atoms with Crippen LogP contribution in [0.25, 0.3) is 5.69 Å². The smallest absolute Gasteiger partial charge is 0.194 e. The third-order valence-electron chi connectivity index (χ3n) is 4.98. The first-order valence-corrected chi connectivity index (χ1v) is 8.55. The van der Waals surface area contributed by atoms with Crippen molar-refractivity contribution in [3.05, 3.63) is 42.5 Å². The highest BCUT2D eigenvalue weighted by Crippen LogP contribution is 2.32. The largest absolute Gasteiger partial charge is 0.349 e. The first-order chi connectivity index (χ1) is 11.6. The molecule has 0 aliphatic carbocycles. The third kappa shape index (κ3) is 3.42. The van der Waals surface area contributed by atoms with E-state index in [1.165, 1.54) is 12.8 Å². The van der Waals surface area contributed by atoms with Gasteiger partial charge in [0.25, 0.3) is 0 Å². The van der Waals surface area contributed by atoms with Crippen molar-refractivity contribution in [2.75, 3.05) is 20.1 Å². The Balaban J connectivity index is 1.67. The summed E-state index contributed by atoms with van der Waals surface area (Å²) < 4.78 is 2.00. The van der Waals surface area contributed by atoms with Gasteiger partial charge in [0.1, 0.15) is 6.33 Å². The molecule has 1 aromatic carbocycles. The van der Waals surface area contributed by atoms with Gasteiger partial charge in [-0.1, -0.05) is 32.0 Å². The lowest BCUT2D eigenvalue weighted by atomic mass is 9.87. The number of para-hydroxylation sites is 1. The number of guanidine groups is 1. The summed E-state index contributed by atoms with van der Waals surface area (Å²) in [6, 6.07) is 10.1. The molecule has 1 saturated heterocycles. The van der Waals surface area contributed by atoms with Crippen LogP contribution in [0.5, 0.6) is 0 Å². The van der Waals surface area contributed by atoms with Crippen molar-refractivity contribution in [3.63, 3.8) is 0 Å². The van der Waals surface area contributed by atoms with Crippen molar-refractivity contribution in [2.45, 2.75) is 33.2 Å². The highest BCUT2D eigenvalue weighted by Gasteiger charge is 2.33. The lowest BCUT2D eigenvalue weighted by molar-refractivity contribution is 0.322. The van der Waals surface area contributed by atoms with Crippen LogP contribution < -0.4 is 5.32 Å². The predicted molar refractivity (Wildman–Crippen MR) is 96.1 cm³/mol. The fourth-order valence-corrected chi connectivity index (χ4v) is 3.17. The Hall–Kier alpha value is -2.37. The number of nitrogens with one attached hydrogen (secondary N) is 1. The van der Waals surface area contributed by atoms with E-state index in [9.17, 15) is 0 Å². The van der Waals surface area contributed by atoms with E-state index >= 15 is 0 Å². The Morgan fingerprint density at radius 3 is 2.79 bits per heavy atom. The van der Waals surface area contributed by atoms with Gasteiger partial charge in [0.2, 0.25) is 0 Å². The van der Waals surface area contributed by atoms with E-state index in [1.807, 2.05) is 29.8 Å². The van der Waals surface area contributed by atoms with Crippen LogP contribution in [0.4, 0.5) is 0 Å². The van der Waals surface area contributed by atoms with Gasteiger partial charge in [-0.05, 0) is 30.4 Å². The van der Waals surface area contributed by atoms with E-state index in [4.69, 9.17) is 0 Å². The maximum atomic E-state index is 4.45. The summed E-state index contributed by atoms with van der Waals surface area (Å²) >= 11 is 0. The second kappa shape index (κ2) is 7.03. The minimum Gasteiger partial charge on any atom is -0.349 e. The zero-order valence-electron chi connectivity index (χ0n) is 14.7. The Morgan fingerprint density at radius 2 is 2.12 bits per heavy atom. The first kappa shape index (κ1) is 16.5. The number of aromatic nitrogens is 3. The number of nitrogens with zero attached hydrogens (tertiary/aromatic N) is 5. The molecular formula is C18H26N6. The van der Waals surface area contributed by atoms with Crippen LogP contribution in [0.15, 0.2) is 41.7 Å². The summed E-state index contributed by atoms with van der Waals surface area (Å²) in [5.74, 6) is 1.81. The number of likely N-dealkylation sites (tertiary alicyclic amines) is 1. The van der Waals surface area contributed by atoms with Crippen LogP contribution in [0.2, 0.25) is 0 Å². The second-order valence-corrected chi connectivity index (χ2v) is 6.69. The van der Waals surface area contributed by atoms with Crippen molar-refractivity contribution < 1.29 is 0 Å². The van der Waals surface area contributed by atoms with Crippen molar-refractivity contribution in [3.8, 4) is 5.69 Å². The van der Waals surface area contributed by atoms with Crippen molar-refractivity contribution in [1.82, 2.24) is 25.0 Å². The van der Waals surface area contributed by atoms with Crippen molar-refractivity contribution >= 4 is 5.96 Å². The Bertz CT molecular complexity index is 693. The highest BCUT2D eigenvalue weighted by molar-refractivity contribution is 5.80. The fourth-order valence-electron chi connectivity index (χ4n) is 3.17. The van der Waals surface area contributed by atoms with Gasteiger partial charge in [0.15, 0.2) is 11.8 Å². The van der Waals surface area contributed by atoms with Gasteiger partial charge in [-0.15, -0.1) is 10.2 Å². The van der Waals surface area contributed by atoms with Crippen LogP contribution in [0, 0.1) is 5.41 Å². The van der Waals surface area contributed by atoms with Gasteiger partial charge in [0.05, 0.1) is 6.54 Å². The molecule has 6 nitrogen and oxygen atoms in total. The van der Waals surface area contributed by atoms with Gasteiger partial charge < -0.3 is 10.2 Å². The molecule has 0 radical (unpaired) electrons. The lowest BCUT2D eigenvalue weighted by Gasteiger charge is -2.25. The maximum Gasteiger partial charge on any atom is 0.194 e. The molecular weight excluding hydrogens is 300 g/mol. The van der Waals surface area contributed by atoms with E-state index in [0.717, 1.165) is 30.6 Å². The van der Waals surface area contributed by atoms with Gasteiger partial charge in [0, 0.05) is 25.8 Å². The molecule has 2 aromatic rings. The van der Waals surface area contributed by atoms with E-state index in [-0.39, 0.29) is 0 Å². The molecule has 6 heteroatoms. The summed E-state index contributed by atoms with van der Waals surface area (Å²) in [5.41, 5.74) is 1.45. The summed E-state index contributed by atoms with van der Waals surface area (Å²) in [5, 5.41) is 11.7. The molecule has 1 fully saturated rings. The van der Waals surface area contributed by atoms with Crippen LogP contribution >= 0.6 is 0 Å². The molecule has 1 unspecified atom stereocenters. The predicted octanol–water partition coefficient (Wildman–Crippen LogP) is 2.46. The third-order valence-corrected chi connectivity index (χ3v) is 4.98. The summed E-state index contributed by atoms with van der Waals surface area (Å²) in [6.07, 6.45) is 4.16. The molecule has 1 aliphatic rings. The van der Waals surface area contributed by atoms with Crippen molar-refractivity contribution in [1.29, 1.82) is 0 Å². The first-order valence-electron chi connectivity index (χ1n) is 8.55. The minimum atomic E-state index is 0.391. The average Bonchev–Trinajstić information content (AvgIpc) is 3.24. The van der Waals surface area contributed by atoms with Crippen LogP contribution in [-0.2, 0) is 6.54 Å². The van der Waals surface area contributed by atoms with Crippen molar-refractivity contribution in [2.24, 2.45) is 10.4 Å². The molecule has 0 amide bonds. The zero-order chi connectivity index (χ0) is 17.0. The molecule has 1 N–H and O–H groups in total. The van der Waals surface area contributed by atoms with E-state index in [2.05, 4.69) is 51.4 Å². The molecule has 3 rings (SSSR count). The second-order valence-electron chi connectivity index (χ2n) is 6.69. The molecule has 0 saturated carbocycles. The quantitative estimate of drug-likeness (QED) is 0.693.